The molecule has 0 saturated heterocycles. The van der Waals surface area contributed by atoms with Crippen molar-refractivity contribution >= 4 is 33.1 Å². The van der Waals surface area contributed by atoms with Gasteiger partial charge in [-0.3, -0.25) is 14.5 Å². The molecule has 2 N–H and O–H groups in total. The average molecular weight is 429 g/mol. The Morgan fingerprint density at radius 3 is 2.63 bits per heavy atom. The number of sulfonamides is 1. The molecule has 0 bridgehead atoms. The molecule has 0 fully saturated rings. The van der Waals surface area contributed by atoms with Crippen molar-refractivity contribution in [2.75, 3.05) is 29.9 Å². The minimum atomic E-state index is -3.75. The molecule has 30 heavy (non-hydrogen) atoms. The van der Waals surface area contributed by atoms with Gasteiger partial charge in [0.25, 0.3) is 10.0 Å². The number of likely N-dealkylation sites (N-methyl/N-ethyl adjacent to an activating group) is 1. The lowest BCUT2D eigenvalue weighted by atomic mass is 10.2. The van der Waals surface area contributed by atoms with Crippen molar-refractivity contribution in [3.8, 4) is 0 Å². The standard InChI is InChI=1S/C22H28N4O3S/c1-2-26(19-11-5-3-6-12-19)17-22(27)24-18-10-9-13-20(16-18)30(28,29)25-21-14-7-4-8-15-23-21/h3,5-6,9-13,16H,2,4,7-8,14-15,17H2,1H3,(H,23,25)(H,24,27). The molecule has 7 nitrogen and oxygen atoms in total. The number of nitrogens with zero attached hydrogens (tertiary/aromatic N) is 2. The maximum absolute atomic E-state index is 12.7. The average Bonchev–Trinajstić information content (AvgIpc) is 3.01. The molecule has 2 aromatic rings. The third-order valence-corrected chi connectivity index (χ3v) is 6.27. The Balaban J connectivity index is 1.67. The second kappa shape index (κ2) is 10.2. The fraction of sp³-hybridized carbons (Fsp3) is 0.364. The predicted molar refractivity (Wildman–Crippen MR) is 120 cm³/mol. The fourth-order valence-corrected chi connectivity index (χ4v) is 4.45. The second-order valence-electron chi connectivity index (χ2n) is 7.17. The summed E-state index contributed by atoms with van der Waals surface area (Å²) >= 11 is 0. The van der Waals surface area contributed by atoms with Gasteiger partial charge in [-0.2, -0.15) is 0 Å². The summed E-state index contributed by atoms with van der Waals surface area (Å²) in [6, 6.07) is 16.0. The highest BCUT2D eigenvalue weighted by atomic mass is 32.2. The Bertz CT molecular complexity index is 990. The highest BCUT2D eigenvalue weighted by molar-refractivity contribution is 7.90. The van der Waals surface area contributed by atoms with Crippen LogP contribution in [0.25, 0.3) is 0 Å². The topological polar surface area (TPSA) is 90.9 Å². The van der Waals surface area contributed by atoms with Crippen LogP contribution in [0.1, 0.15) is 32.6 Å². The molecule has 0 radical (unpaired) electrons. The summed E-state index contributed by atoms with van der Waals surface area (Å²) in [5, 5.41) is 2.80. The zero-order valence-electron chi connectivity index (χ0n) is 17.2. The number of anilines is 2. The van der Waals surface area contributed by atoms with Gasteiger partial charge in [0.1, 0.15) is 5.84 Å². The predicted octanol–water partition coefficient (Wildman–Crippen LogP) is 3.40. The summed E-state index contributed by atoms with van der Waals surface area (Å²) in [7, 11) is -3.75. The van der Waals surface area contributed by atoms with Crippen molar-refractivity contribution in [3.05, 3.63) is 54.6 Å². The van der Waals surface area contributed by atoms with Crippen LogP contribution in [0.2, 0.25) is 0 Å². The molecule has 8 heteroatoms. The molecule has 3 rings (SSSR count). The maximum Gasteiger partial charge on any atom is 0.262 e. The minimum Gasteiger partial charge on any atom is -0.362 e. The molecule has 1 amide bonds. The molecule has 1 heterocycles. The van der Waals surface area contributed by atoms with Crippen molar-refractivity contribution in [2.45, 2.75) is 37.5 Å². The quantitative estimate of drug-likeness (QED) is 0.707. The molecular formula is C22H28N4O3S. The largest absolute Gasteiger partial charge is 0.362 e. The molecule has 0 saturated carbocycles. The summed E-state index contributed by atoms with van der Waals surface area (Å²) in [6.45, 7) is 3.48. The molecule has 160 valence electrons. The van der Waals surface area contributed by atoms with E-state index in [9.17, 15) is 13.2 Å². The molecule has 1 aliphatic rings. The van der Waals surface area contributed by atoms with E-state index in [1.54, 1.807) is 12.1 Å². The van der Waals surface area contributed by atoms with E-state index in [-0.39, 0.29) is 17.3 Å². The minimum absolute atomic E-state index is 0.0997. The van der Waals surface area contributed by atoms with Gasteiger partial charge >= 0.3 is 0 Å². The van der Waals surface area contributed by atoms with Crippen LogP contribution in [0.15, 0.2) is 64.5 Å². The third kappa shape index (κ3) is 6.06. The van der Waals surface area contributed by atoms with Gasteiger partial charge < -0.3 is 10.2 Å². The van der Waals surface area contributed by atoms with Gasteiger partial charge in [-0.15, -0.1) is 0 Å². The van der Waals surface area contributed by atoms with Crippen LogP contribution in [0.5, 0.6) is 0 Å². The van der Waals surface area contributed by atoms with E-state index in [0.717, 1.165) is 24.9 Å². The molecule has 0 unspecified atom stereocenters. The first kappa shape index (κ1) is 21.8. The Morgan fingerprint density at radius 1 is 1.07 bits per heavy atom. The third-order valence-electron chi connectivity index (χ3n) is 4.89. The molecule has 1 aliphatic heterocycles. The molecule has 0 atom stereocenters. The lowest BCUT2D eigenvalue weighted by Crippen LogP contribution is -2.33. The van der Waals surface area contributed by atoms with Crippen molar-refractivity contribution in [1.82, 2.24) is 4.72 Å². The Labute approximate surface area is 178 Å². The Hall–Kier alpha value is -2.87. The van der Waals surface area contributed by atoms with E-state index in [1.807, 2.05) is 42.2 Å². The van der Waals surface area contributed by atoms with Crippen molar-refractivity contribution in [1.29, 1.82) is 0 Å². The van der Waals surface area contributed by atoms with Gasteiger partial charge in [-0.05, 0) is 50.1 Å². The van der Waals surface area contributed by atoms with Crippen LogP contribution < -0.4 is 14.9 Å². The summed E-state index contributed by atoms with van der Waals surface area (Å²) < 4.78 is 28.1. The number of hydrogen-bond acceptors (Lipinski definition) is 5. The number of amidine groups is 1. The summed E-state index contributed by atoms with van der Waals surface area (Å²) in [5.74, 6) is 0.291. The number of aliphatic imine (C=N–C) groups is 1. The van der Waals surface area contributed by atoms with Crippen LogP contribution >= 0.6 is 0 Å². The monoisotopic (exact) mass is 428 g/mol. The first-order valence-corrected chi connectivity index (χ1v) is 11.7. The van der Waals surface area contributed by atoms with Gasteiger partial charge in [-0.1, -0.05) is 30.7 Å². The van der Waals surface area contributed by atoms with E-state index < -0.39 is 10.0 Å². The van der Waals surface area contributed by atoms with Crippen LogP contribution in [-0.4, -0.2) is 39.8 Å². The number of carbonyl (C=O) groups excluding carboxylic acids is 1. The van der Waals surface area contributed by atoms with E-state index in [0.29, 0.717) is 31.0 Å². The highest BCUT2D eigenvalue weighted by Crippen LogP contribution is 2.17. The van der Waals surface area contributed by atoms with Gasteiger partial charge in [0.05, 0.1) is 11.4 Å². The molecule has 0 aliphatic carbocycles. The van der Waals surface area contributed by atoms with Gasteiger partial charge in [0.15, 0.2) is 0 Å². The summed E-state index contributed by atoms with van der Waals surface area (Å²) in [6.07, 6.45) is 3.58. The van der Waals surface area contributed by atoms with E-state index in [1.165, 1.54) is 12.1 Å². The zero-order chi connectivity index (χ0) is 21.4. The SMILES string of the molecule is CCN(CC(=O)Nc1cccc(S(=O)(=O)NC2=NCCCCC2)c1)c1ccccc1. The van der Waals surface area contributed by atoms with Crippen LogP contribution in [0, 0.1) is 0 Å². The Kier molecular flexibility index (Phi) is 7.46. The van der Waals surface area contributed by atoms with Gasteiger partial charge in [0, 0.05) is 30.9 Å². The lowest BCUT2D eigenvalue weighted by Gasteiger charge is -2.22. The number of benzene rings is 2. The number of nitrogens with one attached hydrogen (secondary N) is 2. The molecule has 2 aromatic carbocycles. The van der Waals surface area contributed by atoms with Crippen LogP contribution in [0.3, 0.4) is 0 Å². The molecule has 0 spiro atoms. The first-order chi connectivity index (χ1) is 14.5. The van der Waals surface area contributed by atoms with Crippen LogP contribution in [-0.2, 0) is 14.8 Å². The van der Waals surface area contributed by atoms with Crippen LogP contribution in [0.4, 0.5) is 11.4 Å². The van der Waals surface area contributed by atoms with E-state index in [2.05, 4.69) is 15.0 Å². The lowest BCUT2D eigenvalue weighted by molar-refractivity contribution is -0.115. The number of amides is 1. The van der Waals surface area contributed by atoms with E-state index in [4.69, 9.17) is 0 Å². The van der Waals surface area contributed by atoms with E-state index >= 15 is 0 Å². The fourth-order valence-electron chi connectivity index (χ4n) is 3.31. The van der Waals surface area contributed by atoms with Crippen molar-refractivity contribution in [2.24, 2.45) is 4.99 Å². The normalized spacial score (nSPS) is 14.4. The second-order valence-corrected chi connectivity index (χ2v) is 8.85. The smallest absolute Gasteiger partial charge is 0.262 e. The highest BCUT2D eigenvalue weighted by Gasteiger charge is 2.18. The van der Waals surface area contributed by atoms with Crippen molar-refractivity contribution < 1.29 is 13.2 Å². The van der Waals surface area contributed by atoms with Crippen molar-refractivity contribution in [3.63, 3.8) is 0 Å². The molecular weight excluding hydrogens is 400 g/mol. The Morgan fingerprint density at radius 2 is 1.87 bits per heavy atom. The number of carbonyl (C=O) groups is 1. The van der Waals surface area contributed by atoms with Gasteiger partial charge in [-0.25, -0.2) is 8.42 Å². The number of hydrogen-bond donors (Lipinski definition) is 2. The molecule has 0 aromatic heterocycles. The summed E-state index contributed by atoms with van der Waals surface area (Å²) in [4.78, 5) is 18.9. The van der Waals surface area contributed by atoms with Gasteiger partial charge in [0.2, 0.25) is 5.91 Å². The number of para-hydroxylation sites is 1. The number of rotatable bonds is 7. The zero-order valence-corrected chi connectivity index (χ0v) is 18.0. The summed E-state index contributed by atoms with van der Waals surface area (Å²) in [5.41, 5.74) is 1.40. The maximum atomic E-state index is 12.7. The first-order valence-electron chi connectivity index (χ1n) is 10.2.